The quantitative estimate of drug-likeness (QED) is 0.702. The molecule has 0 saturated carbocycles. The Morgan fingerprint density at radius 1 is 1.19 bits per heavy atom. The molecule has 1 aromatic carbocycles. The summed E-state index contributed by atoms with van der Waals surface area (Å²) >= 11 is 0. The Hall–Kier alpha value is -3.47. The number of fused-ring (bicyclic) bond motifs is 2. The number of rotatable bonds is 2. The number of carbonyl (C=O) groups is 1. The average Bonchev–Trinajstić information content (AvgIpc) is 3.26. The van der Waals surface area contributed by atoms with Gasteiger partial charge in [0.15, 0.2) is 0 Å². The molecule has 5 nitrogen and oxygen atoms in total. The lowest BCUT2D eigenvalue weighted by Gasteiger charge is -2.16. The van der Waals surface area contributed by atoms with Crippen molar-refractivity contribution >= 4 is 28.5 Å². The minimum Gasteiger partial charge on any atom is -0.325 e. The van der Waals surface area contributed by atoms with Crippen LogP contribution in [0.15, 0.2) is 72.3 Å². The Kier molecular flexibility index (Phi) is 3.31. The van der Waals surface area contributed by atoms with E-state index in [9.17, 15) is 4.79 Å². The van der Waals surface area contributed by atoms with Gasteiger partial charge in [0.2, 0.25) is 0 Å². The van der Waals surface area contributed by atoms with Gasteiger partial charge in [0.25, 0.3) is 5.91 Å². The highest BCUT2D eigenvalue weighted by Gasteiger charge is 2.34. The van der Waals surface area contributed by atoms with Crippen molar-refractivity contribution in [2.24, 2.45) is 5.92 Å². The molecule has 3 heterocycles. The molecule has 1 aliphatic heterocycles. The molecule has 126 valence electrons. The Balaban J connectivity index is 1.48. The fraction of sp³-hybridized carbons (Fsp3) is 0.0952. The summed E-state index contributed by atoms with van der Waals surface area (Å²) < 4.78 is 0. The Morgan fingerprint density at radius 2 is 2.15 bits per heavy atom. The molecule has 1 aliphatic carbocycles. The number of aromatic nitrogens is 3. The van der Waals surface area contributed by atoms with Crippen LogP contribution in [-0.4, -0.2) is 21.1 Å². The van der Waals surface area contributed by atoms with E-state index in [1.54, 1.807) is 12.4 Å². The van der Waals surface area contributed by atoms with E-state index >= 15 is 0 Å². The van der Waals surface area contributed by atoms with Crippen LogP contribution in [0.2, 0.25) is 0 Å². The second kappa shape index (κ2) is 5.81. The molecule has 2 N–H and O–H groups in total. The number of amides is 1. The first kappa shape index (κ1) is 14.8. The van der Waals surface area contributed by atoms with Crippen molar-refractivity contribution in [1.82, 2.24) is 20.5 Å². The molecule has 0 spiro atoms. The SMILES string of the molecule is O=C1NC2=CC(c3cccnc3)=CCC2/C1=C\c1ccc2[nH]ncc2c1. The zero-order chi connectivity index (χ0) is 17.5. The molecule has 2 aliphatic rings. The van der Waals surface area contributed by atoms with E-state index in [1.807, 2.05) is 42.6 Å². The highest BCUT2D eigenvalue weighted by molar-refractivity contribution is 6.04. The lowest BCUT2D eigenvalue weighted by molar-refractivity contribution is -0.115. The summed E-state index contributed by atoms with van der Waals surface area (Å²) in [6, 6.07) is 9.98. The van der Waals surface area contributed by atoms with E-state index in [4.69, 9.17) is 0 Å². The molecule has 1 fully saturated rings. The smallest absolute Gasteiger partial charge is 0.252 e. The fourth-order valence-electron chi connectivity index (χ4n) is 3.61. The molecule has 1 amide bonds. The van der Waals surface area contributed by atoms with Crippen molar-refractivity contribution in [1.29, 1.82) is 0 Å². The first-order chi connectivity index (χ1) is 12.8. The van der Waals surface area contributed by atoms with E-state index in [1.165, 1.54) is 0 Å². The number of carbonyl (C=O) groups excluding carboxylic acids is 1. The largest absolute Gasteiger partial charge is 0.325 e. The van der Waals surface area contributed by atoms with Gasteiger partial charge in [-0.1, -0.05) is 18.2 Å². The lowest BCUT2D eigenvalue weighted by Crippen LogP contribution is -2.14. The molecule has 5 heteroatoms. The molecule has 2 aromatic heterocycles. The molecule has 1 saturated heterocycles. The van der Waals surface area contributed by atoms with Crippen LogP contribution in [0.4, 0.5) is 0 Å². The van der Waals surface area contributed by atoms with Crippen LogP contribution < -0.4 is 5.32 Å². The summed E-state index contributed by atoms with van der Waals surface area (Å²) in [7, 11) is 0. The molecular weight excluding hydrogens is 324 g/mol. The average molecular weight is 340 g/mol. The number of nitrogens with zero attached hydrogens (tertiary/aromatic N) is 2. The second-order valence-electron chi connectivity index (χ2n) is 6.56. The highest BCUT2D eigenvalue weighted by atomic mass is 16.2. The number of allylic oxidation sites excluding steroid dienone is 4. The van der Waals surface area contributed by atoms with E-state index < -0.39 is 0 Å². The van der Waals surface area contributed by atoms with Crippen LogP contribution in [0.3, 0.4) is 0 Å². The van der Waals surface area contributed by atoms with Gasteiger partial charge in [-0.05, 0) is 53.5 Å². The highest BCUT2D eigenvalue weighted by Crippen LogP contribution is 2.37. The van der Waals surface area contributed by atoms with Crippen LogP contribution in [0.25, 0.3) is 22.6 Å². The predicted molar refractivity (Wildman–Crippen MR) is 101 cm³/mol. The first-order valence-electron chi connectivity index (χ1n) is 8.56. The number of pyridine rings is 1. The summed E-state index contributed by atoms with van der Waals surface area (Å²) in [6.45, 7) is 0. The number of nitrogens with one attached hydrogen (secondary N) is 2. The van der Waals surface area contributed by atoms with Gasteiger partial charge in [0.05, 0.1) is 11.7 Å². The monoisotopic (exact) mass is 340 g/mol. The number of hydrogen-bond donors (Lipinski definition) is 2. The maximum Gasteiger partial charge on any atom is 0.252 e. The third kappa shape index (κ3) is 2.45. The maximum atomic E-state index is 12.5. The number of benzene rings is 1. The summed E-state index contributed by atoms with van der Waals surface area (Å²) in [5.41, 5.74) is 5.94. The second-order valence-corrected chi connectivity index (χ2v) is 6.56. The van der Waals surface area contributed by atoms with Crippen molar-refractivity contribution < 1.29 is 4.79 Å². The van der Waals surface area contributed by atoms with E-state index in [0.717, 1.165) is 45.3 Å². The van der Waals surface area contributed by atoms with Gasteiger partial charge in [0, 0.05) is 35.0 Å². The van der Waals surface area contributed by atoms with Gasteiger partial charge in [-0.2, -0.15) is 5.10 Å². The zero-order valence-electron chi connectivity index (χ0n) is 13.9. The van der Waals surface area contributed by atoms with Crippen molar-refractivity contribution in [3.05, 3.63) is 83.5 Å². The van der Waals surface area contributed by atoms with Gasteiger partial charge < -0.3 is 5.32 Å². The van der Waals surface area contributed by atoms with Crippen LogP contribution in [0.1, 0.15) is 17.5 Å². The maximum absolute atomic E-state index is 12.5. The zero-order valence-corrected chi connectivity index (χ0v) is 13.9. The van der Waals surface area contributed by atoms with Gasteiger partial charge in [-0.3, -0.25) is 14.9 Å². The third-order valence-electron chi connectivity index (χ3n) is 4.94. The summed E-state index contributed by atoms with van der Waals surface area (Å²) in [4.78, 5) is 16.7. The normalized spacial score (nSPS) is 20.7. The molecule has 3 aromatic rings. The van der Waals surface area contributed by atoms with Crippen LogP contribution in [0.5, 0.6) is 0 Å². The number of H-pyrrole nitrogens is 1. The standard InChI is InChI=1S/C21H16N4O/c26-21-18(9-13-3-6-19-16(8-13)12-23-25-19)17-5-4-14(10-20(17)24-21)15-2-1-7-22-11-15/h1-4,6-12,17H,5H2,(H,23,25)(H,24,26)/b18-9+. The molecule has 1 unspecified atom stereocenters. The number of aromatic amines is 1. The van der Waals surface area contributed by atoms with Gasteiger partial charge in [-0.15, -0.1) is 0 Å². The summed E-state index contributed by atoms with van der Waals surface area (Å²) in [5, 5.41) is 11.1. The van der Waals surface area contributed by atoms with Crippen molar-refractivity contribution in [2.75, 3.05) is 0 Å². The van der Waals surface area contributed by atoms with Crippen LogP contribution in [-0.2, 0) is 4.79 Å². The van der Waals surface area contributed by atoms with Crippen molar-refractivity contribution in [3.63, 3.8) is 0 Å². The van der Waals surface area contributed by atoms with Gasteiger partial charge in [0.1, 0.15) is 0 Å². The Labute approximate surface area is 150 Å². The summed E-state index contributed by atoms with van der Waals surface area (Å²) in [6.07, 6.45) is 12.4. The Bertz CT molecular complexity index is 1110. The predicted octanol–water partition coefficient (Wildman–Crippen LogP) is 3.46. The molecule has 0 bridgehead atoms. The number of hydrogen-bond acceptors (Lipinski definition) is 3. The van der Waals surface area contributed by atoms with E-state index in [2.05, 4.69) is 32.7 Å². The van der Waals surface area contributed by atoms with Gasteiger partial charge in [-0.25, -0.2) is 0 Å². The van der Waals surface area contributed by atoms with Crippen LogP contribution in [0, 0.1) is 5.92 Å². The van der Waals surface area contributed by atoms with Crippen LogP contribution >= 0.6 is 0 Å². The minimum atomic E-state index is -0.0191. The minimum absolute atomic E-state index is 0.0191. The fourth-order valence-corrected chi connectivity index (χ4v) is 3.61. The topological polar surface area (TPSA) is 70.7 Å². The van der Waals surface area contributed by atoms with E-state index in [-0.39, 0.29) is 11.8 Å². The molecule has 0 radical (unpaired) electrons. The Morgan fingerprint density at radius 3 is 3.04 bits per heavy atom. The van der Waals surface area contributed by atoms with Crippen molar-refractivity contribution in [2.45, 2.75) is 6.42 Å². The molecule has 26 heavy (non-hydrogen) atoms. The third-order valence-corrected chi connectivity index (χ3v) is 4.94. The molecule has 5 rings (SSSR count). The first-order valence-corrected chi connectivity index (χ1v) is 8.56. The van der Waals surface area contributed by atoms with E-state index in [0.29, 0.717) is 0 Å². The molecule has 1 atom stereocenters. The molecular formula is C21H16N4O. The lowest BCUT2D eigenvalue weighted by atomic mass is 9.87. The van der Waals surface area contributed by atoms with Crippen molar-refractivity contribution in [3.8, 4) is 0 Å². The summed E-state index contributed by atoms with van der Waals surface area (Å²) in [5.74, 6) is 0.0670. The van der Waals surface area contributed by atoms with Gasteiger partial charge >= 0.3 is 0 Å².